The molecule has 0 fully saturated rings. The molecule has 2 rings (SSSR count). The zero-order chi connectivity index (χ0) is 6.97. The molecule has 1 heterocycles. The number of carbonyl (C=O) groups excluding carboxylic acids is 1. The summed E-state index contributed by atoms with van der Waals surface area (Å²) in [5, 5.41) is 0. The molecule has 0 amide bonds. The van der Waals surface area contributed by atoms with E-state index in [1.54, 1.807) is 6.07 Å². The number of rotatable bonds is 0. The lowest BCUT2D eigenvalue weighted by Gasteiger charge is -1.91. The number of ether oxygens (including phenoxy) is 1. The summed E-state index contributed by atoms with van der Waals surface area (Å²) in [4.78, 5) is 10.7. The van der Waals surface area contributed by atoms with E-state index in [1.165, 1.54) is 0 Å². The van der Waals surface area contributed by atoms with Gasteiger partial charge in [-0.3, -0.25) is 4.79 Å². The number of carbonyl (C=O) groups is 1. The van der Waals surface area contributed by atoms with E-state index in [1.807, 2.05) is 18.2 Å². The highest BCUT2D eigenvalue weighted by Crippen LogP contribution is 2.24. The SMILES string of the molecule is O=[13C]1Cc2ccccc2O1. The van der Waals surface area contributed by atoms with Gasteiger partial charge in [0.2, 0.25) is 0 Å². The van der Waals surface area contributed by atoms with Gasteiger partial charge in [-0.05, 0) is 6.07 Å². The Hall–Kier alpha value is -1.31. The van der Waals surface area contributed by atoms with Crippen LogP contribution in [0.3, 0.4) is 0 Å². The molecular weight excluding hydrogens is 129 g/mol. The van der Waals surface area contributed by atoms with Crippen molar-refractivity contribution in [3.63, 3.8) is 0 Å². The van der Waals surface area contributed by atoms with Gasteiger partial charge in [0.25, 0.3) is 0 Å². The maximum atomic E-state index is 10.7. The van der Waals surface area contributed by atoms with Crippen molar-refractivity contribution in [1.29, 1.82) is 0 Å². The molecule has 2 nitrogen and oxygen atoms in total. The molecular formula is C8H6O2. The number of hydrogen-bond acceptors (Lipinski definition) is 2. The molecule has 2 heteroatoms. The first kappa shape index (κ1) is 5.47. The molecule has 0 unspecified atom stereocenters. The molecule has 1 aromatic rings. The zero-order valence-electron chi connectivity index (χ0n) is 5.33. The fourth-order valence-corrected chi connectivity index (χ4v) is 1.06. The summed E-state index contributed by atoms with van der Waals surface area (Å²) in [5.41, 5.74) is 0.993. The van der Waals surface area contributed by atoms with Gasteiger partial charge in [-0.1, -0.05) is 18.2 Å². The van der Waals surface area contributed by atoms with E-state index in [0.717, 1.165) is 5.56 Å². The van der Waals surface area contributed by atoms with Crippen LogP contribution in [-0.4, -0.2) is 5.97 Å². The Bertz CT molecular complexity index is 251. The third kappa shape index (κ3) is 0.692. The van der Waals surface area contributed by atoms with E-state index in [4.69, 9.17) is 4.74 Å². The molecule has 0 bridgehead atoms. The van der Waals surface area contributed by atoms with E-state index < -0.39 is 0 Å². The lowest BCUT2D eigenvalue weighted by atomic mass is 10.2. The molecule has 1 aromatic carbocycles. The first-order valence-electron chi connectivity index (χ1n) is 3.15. The molecule has 0 atom stereocenters. The molecule has 0 saturated carbocycles. The largest absolute Gasteiger partial charge is 0.426 e. The average molecular weight is 135 g/mol. The van der Waals surface area contributed by atoms with Crippen LogP contribution >= 0.6 is 0 Å². The van der Waals surface area contributed by atoms with Crippen molar-refractivity contribution in [2.75, 3.05) is 0 Å². The van der Waals surface area contributed by atoms with E-state index in [2.05, 4.69) is 0 Å². The van der Waals surface area contributed by atoms with E-state index in [0.29, 0.717) is 12.2 Å². The second-order valence-corrected chi connectivity index (χ2v) is 2.26. The summed E-state index contributed by atoms with van der Waals surface area (Å²) in [5.74, 6) is 0.564. The smallest absolute Gasteiger partial charge is 0.315 e. The lowest BCUT2D eigenvalue weighted by molar-refractivity contribution is -0.131. The van der Waals surface area contributed by atoms with E-state index in [9.17, 15) is 4.79 Å². The van der Waals surface area contributed by atoms with Crippen LogP contribution < -0.4 is 4.74 Å². The minimum absolute atomic E-state index is 0.152. The topological polar surface area (TPSA) is 26.3 Å². The fraction of sp³-hybridized carbons (Fsp3) is 0.125. The summed E-state index contributed by atoms with van der Waals surface area (Å²) in [6, 6.07) is 7.47. The Morgan fingerprint density at radius 3 is 2.90 bits per heavy atom. The quantitative estimate of drug-likeness (QED) is 0.303. The van der Waals surface area contributed by atoms with E-state index in [-0.39, 0.29) is 5.97 Å². The summed E-state index contributed by atoms with van der Waals surface area (Å²) in [6.45, 7) is 0. The molecule has 10 heavy (non-hydrogen) atoms. The Morgan fingerprint density at radius 2 is 2.10 bits per heavy atom. The first-order valence-corrected chi connectivity index (χ1v) is 3.15. The van der Waals surface area contributed by atoms with Gasteiger partial charge >= 0.3 is 5.97 Å². The van der Waals surface area contributed by atoms with Crippen LogP contribution in [0, 0.1) is 0 Å². The van der Waals surface area contributed by atoms with Gasteiger partial charge in [-0.2, -0.15) is 0 Å². The third-order valence-electron chi connectivity index (χ3n) is 1.53. The minimum Gasteiger partial charge on any atom is -0.426 e. The summed E-state index contributed by atoms with van der Waals surface area (Å²) in [7, 11) is 0. The van der Waals surface area contributed by atoms with Crippen LogP contribution in [0.1, 0.15) is 5.56 Å². The first-order chi connectivity index (χ1) is 4.86. The summed E-state index contributed by atoms with van der Waals surface area (Å²) in [6.07, 6.45) is 0.427. The van der Waals surface area contributed by atoms with Gasteiger partial charge < -0.3 is 4.74 Å². The molecule has 1 aliphatic heterocycles. The van der Waals surface area contributed by atoms with Gasteiger partial charge in [0.05, 0.1) is 6.42 Å². The second-order valence-electron chi connectivity index (χ2n) is 2.26. The Labute approximate surface area is 58.4 Å². The van der Waals surface area contributed by atoms with Gasteiger partial charge in [0.15, 0.2) is 0 Å². The Balaban J connectivity index is 2.51. The molecule has 0 spiro atoms. The van der Waals surface area contributed by atoms with Crippen molar-refractivity contribution in [2.45, 2.75) is 6.42 Å². The monoisotopic (exact) mass is 135 g/mol. The van der Waals surface area contributed by atoms with Gasteiger partial charge in [0, 0.05) is 5.56 Å². The number of fused-ring (bicyclic) bond motifs is 1. The Kier molecular flexibility index (Phi) is 1.01. The molecule has 0 N–H and O–H groups in total. The fourth-order valence-electron chi connectivity index (χ4n) is 1.06. The maximum Gasteiger partial charge on any atom is 0.315 e. The van der Waals surface area contributed by atoms with Crippen molar-refractivity contribution < 1.29 is 9.53 Å². The number of hydrogen-bond donors (Lipinski definition) is 0. The van der Waals surface area contributed by atoms with Gasteiger partial charge in [0.1, 0.15) is 5.75 Å². The van der Waals surface area contributed by atoms with Crippen molar-refractivity contribution >= 4 is 5.97 Å². The minimum atomic E-state index is -0.152. The van der Waals surface area contributed by atoms with Crippen molar-refractivity contribution in [3.05, 3.63) is 29.8 Å². The molecule has 1 aliphatic rings. The van der Waals surface area contributed by atoms with Crippen LogP contribution in [0.15, 0.2) is 24.3 Å². The van der Waals surface area contributed by atoms with Crippen molar-refractivity contribution in [1.82, 2.24) is 0 Å². The average Bonchev–Trinajstić information content (AvgIpc) is 2.27. The van der Waals surface area contributed by atoms with Crippen LogP contribution in [0.5, 0.6) is 5.75 Å². The van der Waals surface area contributed by atoms with Gasteiger partial charge in [-0.15, -0.1) is 0 Å². The zero-order valence-corrected chi connectivity index (χ0v) is 5.33. The number of esters is 1. The summed E-state index contributed by atoms with van der Waals surface area (Å²) < 4.78 is 4.87. The van der Waals surface area contributed by atoms with Crippen molar-refractivity contribution in [3.8, 4) is 5.75 Å². The van der Waals surface area contributed by atoms with Crippen LogP contribution in [0.25, 0.3) is 0 Å². The summed E-state index contributed by atoms with van der Waals surface area (Å²) >= 11 is 0. The van der Waals surface area contributed by atoms with Crippen LogP contribution in [0.4, 0.5) is 0 Å². The highest BCUT2D eigenvalue weighted by atomic mass is 16.6. The van der Waals surface area contributed by atoms with Crippen LogP contribution in [-0.2, 0) is 11.2 Å². The number of benzene rings is 1. The normalized spacial score (nSPS) is 14.6. The predicted molar refractivity (Wildman–Crippen MR) is 35.8 cm³/mol. The van der Waals surface area contributed by atoms with Crippen molar-refractivity contribution in [2.24, 2.45) is 0 Å². The standard InChI is InChI=1S/C8H6O2/c9-8-5-6-3-1-2-4-7(6)10-8/h1-4H,5H2/i8+1. The molecule has 50 valence electrons. The predicted octanol–water partition coefficient (Wildman–Crippen LogP) is 1.15. The Morgan fingerprint density at radius 1 is 1.30 bits per heavy atom. The second kappa shape index (κ2) is 1.84. The molecule has 0 aliphatic carbocycles. The maximum absolute atomic E-state index is 10.7. The van der Waals surface area contributed by atoms with E-state index >= 15 is 0 Å². The van der Waals surface area contributed by atoms with Gasteiger partial charge in [-0.25, -0.2) is 0 Å². The van der Waals surface area contributed by atoms with Crippen LogP contribution in [0.2, 0.25) is 0 Å². The highest BCUT2D eigenvalue weighted by Gasteiger charge is 2.18. The lowest BCUT2D eigenvalue weighted by Crippen LogP contribution is -1.99. The molecule has 0 aromatic heterocycles. The molecule has 0 saturated heterocycles. The third-order valence-corrected chi connectivity index (χ3v) is 1.53. The molecule has 0 radical (unpaired) electrons. The number of para-hydroxylation sites is 1. The highest BCUT2D eigenvalue weighted by molar-refractivity contribution is 5.80.